The molecule has 5 heteroatoms. The van der Waals surface area contributed by atoms with Crippen LogP contribution >= 0.6 is 0 Å². The van der Waals surface area contributed by atoms with Crippen molar-refractivity contribution in [1.29, 1.82) is 0 Å². The van der Waals surface area contributed by atoms with Crippen LogP contribution in [0.25, 0.3) is 11.0 Å². The average Bonchev–Trinajstić information content (AvgIpc) is 3.00. The molecule has 0 saturated heterocycles. The molecule has 1 aromatic carbocycles. The molecule has 0 radical (unpaired) electrons. The Morgan fingerprint density at radius 1 is 1.24 bits per heavy atom. The number of fused-ring (bicyclic) bond motifs is 1. The predicted molar refractivity (Wildman–Crippen MR) is 101 cm³/mol. The first-order valence-electron chi connectivity index (χ1n) is 9.46. The van der Waals surface area contributed by atoms with E-state index in [4.69, 9.17) is 0 Å². The fourth-order valence-electron chi connectivity index (χ4n) is 3.90. The summed E-state index contributed by atoms with van der Waals surface area (Å²) in [7, 11) is 4.27. The second-order valence-electron chi connectivity index (χ2n) is 7.58. The van der Waals surface area contributed by atoms with E-state index in [0.717, 1.165) is 42.8 Å². The zero-order chi connectivity index (χ0) is 17.6. The summed E-state index contributed by atoms with van der Waals surface area (Å²) in [5, 5.41) is 3.23. The number of para-hydroxylation sites is 2. The van der Waals surface area contributed by atoms with Gasteiger partial charge in [0.1, 0.15) is 0 Å². The Morgan fingerprint density at radius 2 is 2.00 bits per heavy atom. The number of rotatable bonds is 7. The van der Waals surface area contributed by atoms with E-state index < -0.39 is 0 Å². The summed E-state index contributed by atoms with van der Waals surface area (Å²) in [6.45, 7) is 2.00. The first-order valence-corrected chi connectivity index (χ1v) is 9.46. The Bertz CT molecular complexity index is 686. The van der Waals surface area contributed by atoms with Crippen LogP contribution in [0.15, 0.2) is 30.6 Å². The van der Waals surface area contributed by atoms with Gasteiger partial charge in [-0.15, -0.1) is 0 Å². The SMILES string of the molecule is CN(C)CC1CCC(NC(=O)CCCn2cnc3ccccc32)CC1. The summed E-state index contributed by atoms with van der Waals surface area (Å²) in [5.41, 5.74) is 2.16. The molecule has 3 rings (SSSR count). The minimum atomic E-state index is 0.195. The predicted octanol–water partition coefficient (Wildman–Crippen LogP) is 3.05. The van der Waals surface area contributed by atoms with Gasteiger partial charge in [0, 0.05) is 25.6 Å². The number of aryl methyl sites for hydroxylation is 1. The molecule has 1 N–H and O–H groups in total. The fourth-order valence-corrected chi connectivity index (χ4v) is 3.90. The fraction of sp³-hybridized carbons (Fsp3) is 0.600. The Morgan fingerprint density at radius 3 is 2.76 bits per heavy atom. The molecule has 0 bridgehead atoms. The zero-order valence-electron chi connectivity index (χ0n) is 15.4. The second-order valence-corrected chi connectivity index (χ2v) is 7.58. The van der Waals surface area contributed by atoms with Gasteiger partial charge >= 0.3 is 0 Å². The van der Waals surface area contributed by atoms with E-state index >= 15 is 0 Å². The Labute approximate surface area is 150 Å². The van der Waals surface area contributed by atoms with E-state index in [1.165, 1.54) is 19.4 Å². The van der Waals surface area contributed by atoms with Gasteiger partial charge in [-0.3, -0.25) is 4.79 Å². The third-order valence-electron chi connectivity index (χ3n) is 5.17. The molecule has 5 nitrogen and oxygen atoms in total. The lowest BCUT2D eigenvalue weighted by Gasteiger charge is -2.30. The maximum Gasteiger partial charge on any atom is 0.220 e. The highest BCUT2D eigenvalue weighted by molar-refractivity contribution is 5.76. The van der Waals surface area contributed by atoms with Crippen LogP contribution in [-0.4, -0.2) is 47.0 Å². The van der Waals surface area contributed by atoms with Gasteiger partial charge in [0.2, 0.25) is 5.91 Å². The van der Waals surface area contributed by atoms with Crippen molar-refractivity contribution in [1.82, 2.24) is 19.8 Å². The second kappa shape index (κ2) is 8.48. The highest BCUT2D eigenvalue weighted by atomic mass is 16.1. The standard InChI is InChI=1S/C20H30N4O/c1-23(2)14-16-9-11-17(12-10-16)22-20(25)8-5-13-24-15-21-18-6-3-4-7-19(18)24/h3-4,6-7,15-17H,5,8-14H2,1-2H3,(H,22,25). The number of carbonyl (C=O) groups is 1. The first-order chi connectivity index (χ1) is 12.1. The molecule has 1 heterocycles. The van der Waals surface area contributed by atoms with Gasteiger partial charge in [0.25, 0.3) is 0 Å². The number of amides is 1. The molecule has 0 spiro atoms. The van der Waals surface area contributed by atoms with Crippen LogP contribution in [0.3, 0.4) is 0 Å². The minimum Gasteiger partial charge on any atom is -0.353 e. The lowest BCUT2D eigenvalue weighted by molar-refractivity contribution is -0.122. The van der Waals surface area contributed by atoms with Crippen LogP contribution in [0.5, 0.6) is 0 Å². The summed E-state index contributed by atoms with van der Waals surface area (Å²) in [6, 6.07) is 8.50. The molecule has 2 aromatic rings. The third-order valence-corrected chi connectivity index (χ3v) is 5.17. The van der Waals surface area contributed by atoms with E-state index in [1.807, 2.05) is 24.5 Å². The minimum absolute atomic E-state index is 0.195. The van der Waals surface area contributed by atoms with Gasteiger partial charge in [0.05, 0.1) is 17.4 Å². The van der Waals surface area contributed by atoms with Crippen molar-refractivity contribution in [2.75, 3.05) is 20.6 Å². The van der Waals surface area contributed by atoms with Crippen molar-refractivity contribution < 1.29 is 4.79 Å². The highest BCUT2D eigenvalue weighted by Crippen LogP contribution is 2.24. The normalized spacial score (nSPS) is 20.9. The number of carbonyl (C=O) groups excluding carboxylic acids is 1. The lowest BCUT2D eigenvalue weighted by atomic mass is 9.85. The molecule has 1 aromatic heterocycles. The van der Waals surface area contributed by atoms with Crippen LogP contribution in [0, 0.1) is 5.92 Å². The van der Waals surface area contributed by atoms with E-state index in [-0.39, 0.29) is 5.91 Å². The molecule has 136 valence electrons. The molecule has 0 aliphatic heterocycles. The molecule has 1 aliphatic rings. The number of benzene rings is 1. The molecular formula is C20H30N4O. The monoisotopic (exact) mass is 342 g/mol. The summed E-state index contributed by atoms with van der Waals surface area (Å²) in [5.74, 6) is 0.984. The van der Waals surface area contributed by atoms with Gasteiger partial charge in [0.15, 0.2) is 0 Å². The van der Waals surface area contributed by atoms with Crippen LogP contribution in [0.2, 0.25) is 0 Å². The van der Waals surface area contributed by atoms with Crippen molar-refractivity contribution >= 4 is 16.9 Å². The number of nitrogens with zero attached hydrogens (tertiary/aromatic N) is 3. The summed E-state index contributed by atoms with van der Waals surface area (Å²) < 4.78 is 2.13. The van der Waals surface area contributed by atoms with E-state index in [1.54, 1.807) is 0 Å². The molecule has 1 fully saturated rings. The van der Waals surface area contributed by atoms with E-state index in [0.29, 0.717) is 12.5 Å². The molecular weight excluding hydrogens is 312 g/mol. The molecule has 25 heavy (non-hydrogen) atoms. The molecule has 1 saturated carbocycles. The van der Waals surface area contributed by atoms with Crippen molar-refractivity contribution in [3.8, 4) is 0 Å². The Kier molecular flexibility index (Phi) is 6.08. The van der Waals surface area contributed by atoms with Gasteiger partial charge in [-0.25, -0.2) is 4.98 Å². The van der Waals surface area contributed by atoms with E-state index in [2.05, 4.69) is 39.9 Å². The molecule has 1 amide bonds. The Balaban J connectivity index is 1.37. The van der Waals surface area contributed by atoms with Gasteiger partial charge < -0.3 is 14.8 Å². The summed E-state index contributed by atoms with van der Waals surface area (Å²) in [6.07, 6.45) is 8.00. The maximum absolute atomic E-state index is 12.2. The third kappa shape index (κ3) is 5.05. The van der Waals surface area contributed by atoms with Crippen molar-refractivity contribution in [2.45, 2.75) is 51.1 Å². The lowest BCUT2D eigenvalue weighted by Crippen LogP contribution is -2.39. The van der Waals surface area contributed by atoms with Gasteiger partial charge in [-0.2, -0.15) is 0 Å². The van der Waals surface area contributed by atoms with Gasteiger partial charge in [-0.1, -0.05) is 12.1 Å². The summed E-state index contributed by atoms with van der Waals surface area (Å²) in [4.78, 5) is 18.9. The maximum atomic E-state index is 12.2. The molecule has 0 atom stereocenters. The largest absolute Gasteiger partial charge is 0.353 e. The number of aromatic nitrogens is 2. The number of nitrogens with one attached hydrogen (secondary N) is 1. The number of hydrogen-bond donors (Lipinski definition) is 1. The Hall–Kier alpha value is -1.88. The zero-order valence-corrected chi connectivity index (χ0v) is 15.4. The summed E-state index contributed by atoms with van der Waals surface area (Å²) >= 11 is 0. The van der Waals surface area contributed by atoms with Crippen molar-refractivity contribution in [2.24, 2.45) is 5.92 Å². The number of imidazole rings is 1. The molecule has 0 unspecified atom stereocenters. The first kappa shape index (κ1) is 17.9. The quantitative estimate of drug-likeness (QED) is 0.841. The topological polar surface area (TPSA) is 50.2 Å². The number of hydrogen-bond acceptors (Lipinski definition) is 3. The highest BCUT2D eigenvalue weighted by Gasteiger charge is 2.22. The van der Waals surface area contributed by atoms with Crippen LogP contribution in [0.1, 0.15) is 38.5 Å². The van der Waals surface area contributed by atoms with Crippen molar-refractivity contribution in [3.63, 3.8) is 0 Å². The van der Waals surface area contributed by atoms with Crippen LogP contribution < -0.4 is 5.32 Å². The van der Waals surface area contributed by atoms with Crippen molar-refractivity contribution in [3.05, 3.63) is 30.6 Å². The van der Waals surface area contributed by atoms with E-state index in [9.17, 15) is 4.79 Å². The smallest absolute Gasteiger partial charge is 0.220 e. The van der Waals surface area contributed by atoms with Crippen LogP contribution in [-0.2, 0) is 11.3 Å². The average molecular weight is 342 g/mol. The van der Waals surface area contributed by atoms with Crippen LogP contribution in [0.4, 0.5) is 0 Å². The van der Waals surface area contributed by atoms with Gasteiger partial charge in [-0.05, 0) is 64.3 Å². The molecule has 1 aliphatic carbocycles.